The molecule has 0 unspecified atom stereocenters. The second-order valence-electron chi connectivity index (χ2n) is 4.23. The predicted molar refractivity (Wildman–Crippen MR) is 62.5 cm³/mol. The van der Waals surface area contributed by atoms with Crippen LogP contribution in [0, 0.1) is 5.41 Å². The summed E-state index contributed by atoms with van der Waals surface area (Å²) in [5.74, 6) is 0. The second-order valence-corrected chi connectivity index (χ2v) is 4.23. The third kappa shape index (κ3) is 3.97. The summed E-state index contributed by atoms with van der Waals surface area (Å²) in [6.45, 7) is 12.4. The van der Waals surface area contributed by atoms with Gasteiger partial charge in [0.05, 0.1) is 0 Å². The fourth-order valence-corrected chi connectivity index (χ4v) is 1.89. The third-order valence-electron chi connectivity index (χ3n) is 3.38. The monoisotopic (exact) mass is 201 g/mol. The lowest BCUT2D eigenvalue weighted by Gasteiger charge is -2.35. The molecule has 0 aliphatic rings. The molecule has 0 aliphatic heterocycles. The van der Waals surface area contributed by atoms with Crippen LogP contribution < -0.4 is 0 Å². The molecule has 0 radical (unpaired) electrons. The average molecular weight is 201 g/mol. The Morgan fingerprint density at radius 3 is 1.93 bits per heavy atom. The number of aliphatic hydroxyl groups excluding tert-OH is 1. The van der Waals surface area contributed by atoms with Crippen LogP contribution in [-0.2, 0) is 0 Å². The second kappa shape index (κ2) is 7.24. The van der Waals surface area contributed by atoms with Gasteiger partial charge in [0.1, 0.15) is 0 Å². The van der Waals surface area contributed by atoms with Crippen molar-refractivity contribution in [2.45, 2.75) is 47.0 Å². The van der Waals surface area contributed by atoms with E-state index in [9.17, 15) is 5.11 Å². The van der Waals surface area contributed by atoms with Crippen molar-refractivity contribution in [3.8, 4) is 0 Å². The fourth-order valence-electron chi connectivity index (χ4n) is 1.89. The molecule has 0 aromatic heterocycles. The van der Waals surface area contributed by atoms with Crippen LogP contribution >= 0.6 is 0 Å². The smallest absolute Gasteiger partial charge is 0.0499 e. The Balaban J connectivity index is 4.24. The molecular formula is C12H27NO. The summed E-state index contributed by atoms with van der Waals surface area (Å²) in [6.07, 6.45) is 3.34. The fraction of sp³-hybridized carbons (Fsp3) is 1.00. The molecule has 2 heteroatoms. The summed E-state index contributed by atoms with van der Waals surface area (Å²) in [4.78, 5) is 2.45. The van der Waals surface area contributed by atoms with Gasteiger partial charge in [-0.05, 0) is 32.4 Å². The van der Waals surface area contributed by atoms with Gasteiger partial charge in [-0.2, -0.15) is 0 Å². The van der Waals surface area contributed by atoms with E-state index in [2.05, 4.69) is 32.6 Å². The molecule has 2 nitrogen and oxygen atoms in total. The lowest BCUT2D eigenvalue weighted by molar-refractivity contribution is 0.0677. The van der Waals surface area contributed by atoms with E-state index in [1.165, 1.54) is 6.42 Å². The highest BCUT2D eigenvalue weighted by molar-refractivity contribution is 4.79. The van der Waals surface area contributed by atoms with E-state index < -0.39 is 0 Å². The zero-order valence-corrected chi connectivity index (χ0v) is 10.3. The highest BCUT2D eigenvalue weighted by atomic mass is 16.3. The molecule has 0 rings (SSSR count). The van der Waals surface area contributed by atoms with Gasteiger partial charge in [-0.25, -0.2) is 0 Å². The molecule has 0 amide bonds. The number of rotatable bonds is 8. The summed E-state index contributed by atoms with van der Waals surface area (Å²) < 4.78 is 0. The predicted octanol–water partition coefficient (Wildman–Crippen LogP) is 2.52. The number of aliphatic hydroxyl groups is 1. The van der Waals surface area contributed by atoms with Crippen LogP contribution in [0.25, 0.3) is 0 Å². The van der Waals surface area contributed by atoms with E-state index in [-0.39, 0.29) is 5.41 Å². The molecule has 0 spiro atoms. The minimum atomic E-state index is 0.130. The Morgan fingerprint density at radius 1 is 1.07 bits per heavy atom. The van der Waals surface area contributed by atoms with Gasteiger partial charge >= 0.3 is 0 Å². The summed E-state index contributed by atoms with van der Waals surface area (Å²) in [5, 5.41) is 9.46. The number of hydrogen-bond acceptors (Lipinski definition) is 2. The first-order valence-corrected chi connectivity index (χ1v) is 6.01. The molecule has 0 heterocycles. The Bertz CT molecular complexity index is 124. The van der Waals surface area contributed by atoms with Gasteiger partial charge in [-0.3, -0.25) is 0 Å². The summed E-state index contributed by atoms with van der Waals surface area (Å²) in [5.41, 5.74) is 0.130. The van der Waals surface area contributed by atoms with Crippen LogP contribution in [0.3, 0.4) is 0 Å². The summed E-state index contributed by atoms with van der Waals surface area (Å²) in [6, 6.07) is 0. The van der Waals surface area contributed by atoms with Crippen molar-refractivity contribution in [3.63, 3.8) is 0 Å². The van der Waals surface area contributed by atoms with Gasteiger partial charge < -0.3 is 10.0 Å². The van der Waals surface area contributed by atoms with Crippen molar-refractivity contribution in [3.05, 3.63) is 0 Å². The van der Waals surface area contributed by atoms with Crippen molar-refractivity contribution in [2.24, 2.45) is 5.41 Å². The summed E-state index contributed by atoms with van der Waals surface area (Å²) >= 11 is 0. The molecule has 0 bridgehead atoms. The van der Waals surface area contributed by atoms with Gasteiger partial charge in [-0.15, -0.1) is 0 Å². The first kappa shape index (κ1) is 13.9. The van der Waals surface area contributed by atoms with E-state index in [1.807, 2.05) is 0 Å². The molecule has 0 aliphatic carbocycles. The van der Waals surface area contributed by atoms with E-state index in [0.717, 1.165) is 32.5 Å². The summed E-state index contributed by atoms with van der Waals surface area (Å²) in [7, 11) is 0. The van der Waals surface area contributed by atoms with Crippen molar-refractivity contribution in [1.29, 1.82) is 0 Å². The topological polar surface area (TPSA) is 23.5 Å². The van der Waals surface area contributed by atoms with E-state index in [1.54, 1.807) is 0 Å². The first-order valence-electron chi connectivity index (χ1n) is 6.01. The number of hydrogen-bond donors (Lipinski definition) is 1. The zero-order valence-electron chi connectivity index (χ0n) is 10.3. The highest BCUT2D eigenvalue weighted by Gasteiger charge is 2.27. The molecule has 0 aromatic rings. The van der Waals surface area contributed by atoms with Crippen LogP contribution in [0.15, 0.2) is 0 Å². The molecule has 0 aromatic carbocycles. The van der Waals surface area contributed by atoms with E-state index in [0.29, 0.717) is 6.61 Å². The molecule has 0 fully saturated rings. The third-order valence-corrected chi connectivity index (χ3v) is 3.38. The van der Waals surface area contributed by atoms with Gasteiger partial charge in [0.15, 0.2) is 0 Å². The lowest BCUT2D eigenvalue weighted by Crippen LogP contribution is -2.40. The average Bonchev–Trinajstić information content (AvgIpc) is 2.25. The van der Waals surface area contributed by atoms with Crippen LogP contribution in [0.2, 0.25) is 0 Å². The Kier molecular flexibility index (Phi) is 7.20. The molecular weight excluding hydrogens is 174 g/mol. The van der Waals surface area contributed by atoms with Crippen molar-refractivity contribution >= 4 is 0 Å². The largest absolute Gasteiger partial charge is 0.396 e. The Labute approximate surface area is 89.3 Å². The molecule has 1 N–H and O–H groups in total. The zero-order chi connectivity index (χ0) is 11.0. The maximum absolute atomic E-state index is 9.46. The van der Waals surface area contributed by atoms with Crippen LogP contribution in [-0.4, -0.2) is 36.2 Å². The van der Waals surface area contributed by atoms with Gasteiger partial charge in [0, 0.05) is 18.6 Å². The Hall–Kier alpha value is -0.0800. The molecule has 14 heavy (non-hydrogen) atoms. The van der Waals surface area contributed by atoms with Crippen LogP contribution in [0.4, 0.5) is 0 Å². The van der Waals surface area contributed by atoms with Crippen LogP contribution in [0.1, 0.15) is 47.0 Å². The van der Waals surface area contributed by atoms with Crippen molar-refractivity contribution < 1.29 is 5.11 Å². The maximum atomic E-state index is 9.46. The quantitative estimate of drug-likeness (QED) is 0.652. The highest BCUT2D eigenvalue weighted by Crippen LogP contribution is 2.26. The maximum Gasteiger partial charge on any atom is 0.0499 e. The molecule has 0 saturated carbocycles. The van der Waals surface area contributed by atoms with Crippen molar-refractivity contribution in [1.82, 2.24) is 4.90 Å². The van der Waals surface area contributed by atoms with Gasteiger partial charge in [-0.1, -0.05) is 27.7 Å². The lowest BCUT2D eigenvalue weighted by atomic mass is 9.82. The molecule has 0 saturated heterocycles. The van der Waals surface area contributed by atoms with E-state index in [4.69, 9.17) is 0 Å². The van der Waals surface area contributed by atoms with E-state index >= 15 is 0 Å². The van der Waals surface area contributed by atoms with Crippen molar-refractivity contribution in [2.75, 3.05) is 26.2 Å². The minimum Gasteiger partial charge on any atom is -0.396 e. The molecule has 86 valence electrons. The standard InChI is InChI=1S/C12H27NO/c1-5-9-13(8-4)10-12(6-2,7-3)11-14/h14H,5-11H2,1-4H3. The van der Waals surface area contributed by atoms with Crippen LogP contribution in [0.5, 0.6) is 0 Å². The minimum absolute atomic E-state index is 0.130. The normalized spacial score (nSPS) is 12.4. The molecule has 0 atom stereocenters. The number of nitrogens with zero attached hydrogens (tertiary/aromatic N) is 1. The SMILES string of the molecule is CCCN(CC)CC(CC)(CC)CO. The van der Waals surface area contributed by atoms with Gasteiger partial charge in [0.2, 0.25) is 0 Å². The Morgan fingerprint density at radius 2 is 1.64 bits per heavy atom. The first-order chi connectivity index (χ1) is 6.67. The van der Waals surface area contributed by atoms with Gasteiger partial charge in [0.25, 0.3) is 0 Å².